The third-order valence-electron chi connectivity index (χ3n) is 2.32. The maximum absolute atomic E-state index is 12.0. The van der Waals surface area contributed by atoms with E-state index in [2.05, 4.69) is 4.18 Å². The van der Waals surface area contributed by atoms with Crippen LogP contribution in [0.3, 0.4) is 0 Å². The number of hydrogen-bond acceptors (Lipinski definition) is 4. The van der Waals surface area contributed by atoms with Gasteiger partial charge in [-0.05, 0) is 18.9 Å². The van der Waals surface area contributed by atoms with E-state index in [9.17, 15) is 26.7 Å². The molecule has 0 unspecified atom stereocenters. The van der Waals surface area contributed by atoms with E-state index in [1.54, 1.807) is 0 Å². The summed E-state index contributed by atoms with van der Waals surface area (Å²) in [4.78, 5) is 0. The molecule has 8 heteroatoms. The normalized spacial score (nSPS) is 27.4. The Hall–Kier alpha value is -0.760. The van der Waals surface area contributed by atoms with Gasteiger partial charge in [0.25, 0.3) is 0 Å². The molecule has 0 radical (unpaired) electrons. The van der Waals surface area contributed by atoms with Crippen molar-refractivity contribution in [1.29, 1.82) is 0 Å². The minimum atomic E-state index is -5.63. The molecule has 94 valence electrons. The minimum Gasteiger partial charge on any atom is -0.392 e. The van der Waals surface area contributed by atoms with Crippen LogP contribution in [-0.4, -0.2) is 25.1 Å². The van der Waals surface area contributed by atoms with Crippen molar-refractivity contribution in [1.82, 2.24) is 0 Å². The molecular weight excluding hydrogens is 249 g/mol. The van der Waals surface area contributed by atoms with Crippen molar-refractivity contribution in [3.63, 3.8) is 0 Å². The summed E-state index contributed by atoms with van der Waals surface area (Å²) in [5.41, 5.74) is -5.45. The molecule has 0 heterocycles. The summed E-state index contributed by atoms with van der Waals surface area (Å²) in [6, 6.07) is 0. The van der Waals surface area contributed by atoms with Gasteiger partial charge in [-0.2, -0.15) is 21.6 Å². The fourth-order valence-corrected chi connectivity index (χ4v) is 1.87. The predicted molar refractivity (Wildman–Crippen MR) is 48.5 cm³/mol. The fraction of sp³-hybridized carbons (Fsp3) is 0.750. The first-order valence-corrected chi connectivity index (χ1v) is 5.95. The first kappa shape index (κ1) is 13.3. The van der Waals surface area contributed by atoms with Gasteiger partial charge in [-0.25, -0.2) is 0 Å². The van der Waals surface area contributed by atoms with Gasteiger partial charge in [-0.15, -0.1) is 0 Å². The molecule has 4 nitrogen and oxygen atoms in total. The van der Waals surface area contributed by atoms with Gasteiger partial charge in [0.1, 0.15) is 5.76 Å². The predicted octanol–water partition coefficient (Wildman–Crippen LogP) is 1.53. The highest BCUT2D eigenvalue weighted by atomic mass is 32.2. The molecule has 0 aromatic rings. The fourth-order valence-electron chi connectivity index (χ4n) is 1.31. The lowest BCUT2D eigenvalue weighted by atomic mass is 9.93. The van der Waals surface area contributed by atoms with Crippen LogP contribution in [0.5, 0.6) is 0 Å². The molecule has 0 spiro atoms. The third kappa shape index (κ3) is 2.67. The zero-order valence-corrected chi connectivity index (χ0v) is 9.18. The molecule has 0 aromatic carbocycles. The molecule has 0 saturated heterocycles. The molecule has 0 amide bonds. The number of halogens is 3. The Morgan fingerprint density at radius 1 is 1.50 bits per heavy atom. The van der Waals surface area contributed by atoms with Crippen molar-refractivity contribution >= 4 is 10.1 Å². The molecule has 1 rings (SSSR count). The molecule has 0 bridgehead atoms. The highest BCUT2D eigenvalue weighted by molar-refractivity contribution is 7.87. The largest absolute Gasteiger partial charge is 0.534 e. The van der Waals surface area contributed by atoms with Crippen molar-refractivity contribution in [3.8, 4) is 0 Å². The van der Waals surface area contributed by atoms with Crippen LogP contribution in [0.4, 0.5) is 13.2 Å². The molecule has 1 N–H and O–H groups in total. The van der Waals surface area contributed by atoms with Crippen LogP contribution >= 0.6 is 0 Å². The van der Waals surface area contributed by atoms with E-state index >= 15 is 0 Å². The molecular formula is C8H11F3O4S. The van der Waals surface area contributed by atoms with Gasteiger partial charge in [0.05, 0.1) is 6.10 Å². The van der Waals surface area contributed by atoms with E-state index in [0.29, 0.717) is 6.42 Å². The van der Waals surface area contributed by atoms with E-state index in [1.165, 1.54) is 13.0 Å². The van der Waals surface area contributed by atoms with Crippen LogP contribution in [0.15, 0.2) is 11.8 Å². The van der Waals surface area contributed by atoms with Gasteiger partial charge in [-0.3, -0.25) is 0 Å². The topological polar surface area (TPSA) is 63.6 Å². The Morgan fingerprint density at radius 2 is 2.06 bits per heavy atom. The average molecular weight is 260 g/mol. The summed E-state index contributed by atoms with van der Waals surface area (Å²) < 4.78 is 61.4. The van der Waals surface area contributed by atoms with Crippen LogP contribution in [-0.2, 0) is 14.3 Å². The Balaban J connectivity index is 2.87. The second kappa shape index (κ2) is 4.25. The van der Waals surface area contributed by atoms with Gasteiger partial charge in [0.15, 0.2) is 0 Å². The summed E-state index contributed by atoms with van der Waals surface area (Å²) in [7, 11) is -5.63. The Morgan fingerprint density at radius 3 is 2.56 bits per heavy atom. The SMILES string of the molecule is C[C@@H]1C(OS(=O)(=O)C(F)(F)F)=CCC[C@H]1O. The first-order valence-electron chi connectivity index (χ1n) is 4.54. The number of hydrogen-bond donors (Lipinski definition) is 1. The number of rotatable bonds is 2. The van der Waals surface area contributed by atoms with Crippen LogP contribution in [0.2, 0.25) is 0 Å². The summed E-state index contributed by atoms with van der Waals surface area (Å²) in [6.45, 7) is 1.40. The average Bonchev–Trinajstić information content (AvgIpc) is 2.11. The summed E-state index contributed by atoms with van der Waals surface area (Å²) in [5.74, 6) is -1.11. The number of allylic oxidation sites excluding steroid dienone is 1. The second-order valence-corrected chi connectivity index (χ2v) is 5.06. The highest BCUT2D eigenvalue weighted by Crippen LogP contribution is 2.32. The maximum Gasteiger partial charge on any atom is 0.534 e. The quantitative estimate of drug-likeness (QED) is 0.604. The van der Waals surface area contributed by atoms with Crippen molar-refractivity contribution in [3.05, 3.63) is 11.8 Å². The molecule has 0 aliphatic heterocycles. The van der Waals surface area contributed by atoms with E-state index in [4.69, 9.17) is 0 Å². The van der Waals surface area contributed by atoms with Gasteiger partial charge in [0, 0.05) is 5.92 Å². The summed E-state index contributed by atoms with van der Waals surface area (Å²) in [5, 5.41) is 9.35. The first-order chi connectivity index (χ1) is 7.15. The Bertz CT molecular complexity index is 385. The molecule has 1 aliphatic carbocycles. The lowest BCUT2D eigenvalue weighted by molar-refractivity contribution is -0.0534. The maximum atomic E-state index is 12.0. The number of alkyl halides is 3. The van der Waals surface area contributed by atoms with E-state index in [1.807, 2.05) is 0 Å². The van der Waals surface area contributed by atoms with E-state index in [0.717, 1.165) is 0 Å². The molecule has 0 aromatic heterocycles. The van der Waals surface area contributed by atoms with Gasteiger partial charge in [0.2, 0.25) is 0 Å². The van der Waals surface area contributed by atoms with Crippen LogP contribution in [0, 0.1) is 5.92 Å². The van der Waals surface area contributed by atoms with Crippen LogP contribution in [0.25, 0.3) is 0 Å². The van der Waals surface area contributed by atoms with Crippen molar-refractivity contribution in [2.45, 2.75) is 31.4 Å². The number of aliphatic hydroxyl groups is 1. The smallest absolute Gasteiger partial charge is 0.392 e. The monoisotopic (exact) mass is 260 g/mol. The number of aliphatic hydroxyl groups excluding tert-OH is 1. The lowest BCUT2D eigenvalue weighted by Gasteiger charge is -2.25. The van der Waals surface area contributed by atoms with Gasteiger partial charge in [-0.1, -0.05) is 6.92 Å². The zero-order valence-electron chi connectivity index (χ0n) is 8.36. The lowest BCUT2D eigenvalue weighted by Crippen LogP contribution is -2.30. The van der Waals surface area contributed by atoms with Crippen molar-refractivity contribution in [2.24, 2.45) is 5.92 Å². The van der Waals surface area contributed by atoms with E-state index in [-0.39, 0.29) is 12.2 Å². The molecule has 0 saturated carbocycles. The van der Waals surface area contributed by atoms with Crippen LogP contribution in [0.1, 0.15) is 19.8 Å². The van der Waals surface area contributed by atoms with Crippen molar-refractivity contribution in [2.75, 3.05) is 0 Å². The standard InChI is InChI=1S/C8H11F3O4S/c1-5-6(12)3-2-4-7(5)15-16(13,14)8(9,10)11/h4-6,12H,2-3H2,1H3/t5-,6+/m0/s1. The zero-order chi connectivity index (χ0) is 12.6. The summed E-state index contributed by atoms with van der Waals surface area (Å²) >= 11 is 0. The third-order valence-corrected chi connectivity index (χ3v) is 3.30. The molecule has 2 atom stereocenters. The Labute approximate surface area is 90.8 Å². The molecule has 0 fully saturated rings. The molecule has 16 heavy (non-hydrogen) atoms. The van der Waals surface area contributed by atoms with Gasteiger partial charge < -0.3 is 9.29 Å². The van der Waals surface area contributed by atoms with Gasteiger partial charge >= 0.3 is 15.6 Å². The minimum absolute atomic E-state index is 0.286. The Kier molecular flexibility index (Phi) is 3.53. The molecule has 1 aliphatic rings. The van der Waals surface area contributed by atoms with E-state index < -0.39 is 27.6 Å². The second-order valence-electron chi connectivity index (χ2n) is 3.52. The summed E-state index contributed by atoms with van der Waals surface area (Å²) in [6.07, 6.45) is 1.03. The van der Waals surface area contributed by atoms with Crippen molar-refractivity contribution < 1.29 is 30.9 Å². The highest BCUT2D eigenvalue weighted by Gasteiger charge is 2.49. The van der Waals surface area contributed by atoms with Crippen LogP contribution < -0.4 is 0 Å².